The molecule has 1 aliphatic rings. The van der Waals surface area contributed by atoms with Gasteiger partial charge in [0.1, 0.15) is 4.32 Å². The predicted molar refractivity (Wildman–Crippen MR) is 123 cm³/mol. The number of nitrogens with zero attached hydrogens (tertiary/aromatic N) is 1. The second kappa shape index (κ2) is 17.5. The van der Waals surface area contributed by atoms with Crippen molar-refractivity contribution in [2.75, 3.05) is 18.9 Å². The van der Waals surface area contributed by atoms with Crippen LogP contribution in [0.2, 0.25) is 0 Å². The fourth-order valence-corrected chi connectivity index (χ4v) is 4.33. The molecule has 5 heteroatoms. The number of hydrogen-bond acceptors (Lipinski definition) is 4. The number of ether oxygens (including phenoxy) is 1. The van der Waals surface area contributed by atoms with E-state index in [0.29, 0.717) is 17.5 Å². The van der Waals surface area contributed by atoms with Crippen molar-refractivity contribution in [1.82, 2.24) is 4.90 Å². The van der Waals surface area contributed by atoms with E-state index in [9.17, 15) is 4.79 Å². The Morgan fingerprint density at radius 1 is 0.963 bits per heavy atom. The van der Waals surface area contributed by atoms with Crippen LogP contribution in [-0.2, 0) is 4.74 Å². The van der Waals surface area contributed by atoms with Crippen LogP contribution in [0.15, 0.2) is 12.2 Å². The molecule has 3 nitrogen and oxygen atoms in total. The van der Waals surface area contributed by atoms with E-state index in [-0.39, 0.29) is 6.09 Å². The normalized spacial score (nSPS) is 14.4. The summed E-state index contributed by atoms with van der Waals surface area (Å²) in [4.78, 5) is 13.4. The van der Waals surface area contributed by atoms with Gasteiger partial charge in [-0.05, 0) is 32.1 Å². The molecule has 1 aliphatic heterocycles. The van der Waals surface area contributed by atoms with Crippen molar-refractivity contribution in [2.24, 2.45) is 0 Å². The fourth-order valence-electron chi connectivity index (χ4n) is 3.15. The highest BCUT2D eigenvalue weighted by Gasteiger charge is 2.24. The first-order chi connectivity index (χ1) is 13.3. The van der Waals surface area contributed by atoms with Gasteiger partial charge in [0.25, 0.3) is 0 Å². The minimum Gasteiger partial charge on any atom is -0.449 e. The topological polar surface area (TPSA) is 29.5 Å². The molecule has 0 spiro atoms. The fraction of sp³-hybridized carbons (Fsp3) is 0.818. The summed E-state index contributed by atoms with van der Waals surface area (Å²) < 4.78 is 5.95. The summed E-state index contributed by atoms with van der Waals surface area (Å²) >= 11 is 6.67. The average Bonchev–Trinajstić information content (AvgIpc) is 3.10. The van der Waals surface area contributed by atoms with Crippen LogP contribution in [0.3, 0.4) is 0 Å². The van der Waals surface area contributed by atoms with Gasteiger partial charge in [0.05, 0.1) is 6.61 Å². The molecule has 0 bridgehead atoms. The van der Waals surface area contributed by atoms with Crippen LogP contribution in [0.25, 0.3) is 0 Å². The van der Waals surface area contributed by atoms with E-state index < -0.39 is 0 Å². The molecule has 156 valence electrons. The van der Waals surface area contributed by atoms with Gasteiger partial charge in [-0.15, -0.1) is 0 Å². The van der Waals surface area contributed by atoms with Crippen molar-refractivity contribution in [1.29, 1.82) is 0 Å². The molecule has 1 saturated heterocycles. The first kappa shape index (κ1) is 24.5. The van der Waals surface area contributed by atoms with Crippen LogP contribution in [0.5, 0.6) is 0 Å². The van der Waals surface area contributed by atoms with Crippen molar-refractivity contribution >= 4 is 34.4 Å². The van der Waals surface area contributed by atoms with Gasteiger partial charge in [0.15, 0.2) is 0 Å². The number of thiocarbonyl (C=S) groups is 1. The number of allylic oxidation sites excluding steroid dienone is 2. The molecule has 0 N–H and O–H groups in total. The molecule has 0 saturated carbocycles. The van der Waals surface area contributed by atoms with E-state index in [1.165, 1.54) is 77.0 Å². The van der Waals surface area contributed by atoms with Gasteiger partial charge in [-0.25, -0.2) is 4.79 Å². The van der Waals surface area contributed by atoms with Gasteiger partial charge in [-0.3, -0.25) is 4.90 Å². The van der Waals surface area contributed by atoms with Crippen LogP contribution in [-0.4, -0.2) is 34.2 Å². The van der Waals surface area contributed by atoms with Crippen LogP contribution in [0.1, 0.15) is 96.8 Å². The molecule has 1 fully saturated rings. The standard InChI is InChI=1S/C22H39NO2S2/c1-2-3-4-5-6-7-8-9-10-11-12-13-14-15-16-17-19-25-21(24)23-18-20-27-22(23)26/h9-10H,2-8,11-20H2,1H3. The SMILES string of the molecule is CCCCCCCCC=CCCCCCCCCOC(=O)N1CCSC1=S. The highest BCUT2D eigenvalue weighted by atomic mass is 32.2. The highest BCUT2D eigenvalue weighted by Crippen LogP contribution is 2.18. The van der Waals surface area contributed by atoms with Gasteiger partial charge >= 0.3 is 6.09 Å². The second-order valence-electron chi connectivity index (χ2n) is 7.32. The van der Waals surface area contributed by atoms with Crippen LogP contribution < -0.4 is 0 Å². The first-order valence-electron chi connectivity index (χ1n) is 11.0. The maximum absolute atomic E-state index is 11.8. The average molecular weight is 414 g/mol. The summed E-state index contributed by atoms with van der Waals surface area (Å²) in [5.74, 6) is 0.891. The van der Waals surface area contributed by atoms with Gasteiger partial charge < -0.3 is 4.74 Å². The van der Waals surface area contributed by atoms with Crippen LogP contribution >= 0.6 is 24.0 Å². The summed E-state index contributed by atoms with van der Waals surface area (Å²) in [6.07, 6.45) is 22.5. The van der Waals surface area contributed by atoms with Crippen molar-refractivity contribution in [3.63, 3.8) is 0 Å². The molecule has 1 heterocycles. The highest BCUT2D eigenvalue weighted by molar-refractivity contribution is 8.23. The molecule has 1 rings (SSSR count). The van der Waals surface area contributed by atoms with Gasteiger partial charge in [0.2, 0.25) is 0 Å². The Balaban J connectivity index is 1.78. The van der Waals surface area contributed by atoms with E-state index in [1.54, 1.807) is 16.7 Å². The molecule has 0 aromatic heterocycles. The first-order valence-corrected chi connectivity index (χ1v) is 12.4. The van der Waals surface area contributed by atoms with E-state index in [4.69, 9.17) is 17.0 Å². The Morgan fingerprint density at radius 3 is 2.07 bits per heavy atom. The van der Waals surface area contributed by atoms with Crippen molar-refractivity contribution < 1.29 is 9.53 Å². The largest absolute Gasteiger partial charge is 0.449 e. The summed E-state index contributed by atoms with van der Waals surface area (Å²) in [6.45, 7) is 3.48. The maximum Gasteiger partial charge on any atom is 0.415 e. The Morgan fingerprint density at radius 2 is 1.52 bits per heavy atom. The quantitative estimate of drug-likeness (QED) is 0.149. The predicted octanol–water partition coefficient (Wildman–Crippen LogP) is 7.49. The molecule has 1 amide bonds. The van der Waals surface area contributed by atoms with Gasteiger partial charge in [-0.1, -0.05) is 101 Å². The third kappa shape index (κ3) is 13.3. The molecule has 0 unspecified atom stereocenters. The van der Waals surface area contributed by atoms with Gasteiger partial charge in [0, 0.05) is 12.3 Å². The minimum atomic E-state index is -0.266. The van der Waals surface area contributed by atoms with E-state index >= 15 is 0 Å². The van der Waals surface area contributed by atoms with Crippen molar-refractivity contribution in [3.8, 4) is 0 Å². The lowest BCUT2D eigenvalue weighted by Crippen LogP contribution is -2.31. The number of carbonyl (C=O) groups excluding carboxylic acids is 1. The Kier molecular flexibility index (Phi) is 15.9. The lowest BCUT2D eigenvalue weighted by molar-refractivity contribution is 0.124. The number of carbonyl (C=O) groups is 1. The zero-order valence-corrected chi connectivity index (χ0v) is 18.9. The molecule has 27 heavy (non-hydrogen) atoms. The van der Waals surface area contributed by atoms with Crippen molar-refractivity contribution in [3.05, 3.63) is 12.2 Å². The van der Waals surface area contributed by atoms with Gasteiger partial charge in [-0.2, -0.15) is 0 Å². The lowest BCUT2D eigenvalue weighted by atomic mass is 10.1. The summed E-state index contributed by atoms with van der Waals surface area (Å²) in [5.41, 5.74) is 0. The molecular formula is C22H39NO2S2. The number of thioether (sulfide) groups is 1. The summed E-state index contributed by atoms with van der Waals surface area (Å²) in [5, 5.41) is 0. The van der Waals surface area contributed by atoms with Crippen LogP contribution in [0, 0.1) is 0 Å². The number of rotatable bonds is 16. The number of hydrogen-bond donors (Lipinski definition) is 0. The molecule has 0 atom stereocenters. The summed E-state index contributed by atoms with van der Waals surface area (Å²) in [7, 11) is 0. The Bertz CT molecular complexity index is 427. The van der Waals surface area contributed by atoms with E-state index in [2.05, 4.69) is 19.1 Å². The molecule has 0 aliphatic carbocycles. The van der Waals surface area contributed by atoms with E-state index in [1.807, 2.05) is 0 Å². The zero-order valence-electron chi connectivity index (χ0n) is 17.3. The lowest BCUT2D eigenvalue weighted by Gasteiger charge is -2.14. The third-order valence-corrected chi connectivity index (χ3v) is 6.29. The van der Waals surface area contributed by atoms with Crippen molar-refractivity contribution in [2.45, 2.75) is 96.8 Å². The Labute approximate surface area is 176 Å². The number of unbranched alkanes of at least 4 members (excludes halogenated alkanes) is 12. The zero-order chi connectivity index (χ0) is 19.6. The van der Waals surface area contributed by atoms with Crippen LogP contribution in [0.4, 0.5) is 4.79 Å². The molecular weight excluding hydrogens is 374 g/mol. The monoisotopic (exact) mass is 413 g/mol. The molecule has 0 aromatic rings. The number of amides is 1. The smallest absolute Gasteiger partial charge is 0.415 e. The maximum atomic E-state index is 11.8. The Hall–Kier alpha value is -0.550. The minimum absolute atomic E-state index is 0.266. The molecule has 0 radical (unpaired) electrons. The van der Waals surface area contributed by atoms with E-state index in [0.717, 1.165) is 18.6 Å². The summed E-state index contributed by atoms with van der Waals surface area (Å²) in [6, 6.07) is 0. The third-order valence-electron chi connectivity index (χ3n) is 4.86. The second-order valence-corrected chi connectivity index (χ2v) is 9.05. The molecule has 0 aromatic carbocycles.